The molecule has 2 rings (SSSR count). The fourth-order valence-electron chi connectivity index (χ4n) is 3.04. The summed E-state index contributed by atoms with van der Waals surface area (Å²) in [6.45, 7) is 27.0. The lowest BCUT2D eigenvalue weighted by atomic mass is 9.87. The molecule has 150 valence electrons. The molecule has 0 N–H and O–H groups in total. The minimum Gasteiger partial charge on any atom is -0.492 e. The maximum absolute atomic E-state index is 7.03. The van der Waals surface area contributed by atoms with Crippen LogP contribution in [0.4, 0.5) is 5.69 Å². The Morgan fingerprint density at radius 2 is 1.72 bits per heavy atom. The third-order valence-electron chi connectivity index (χ3n) is 4.86. The largest absolute Gasteiger partial charge is 0.519 e. The predicted molar refractivity (Wildman–Crippen MR) is 121 cm³/mol. The molecular formula is C25H29N3O. The van der Waals surface area contributed by atoms with Crippen LogP contribution in [0.15, 0.2) is 48.3 Å². The maximum atomic E-state index is 7.03. The Morgan fingerprint density at radius 3 is 2.24 bits per heavy atom. The quantitative estimate of drug-likeness (QED) is 0.517. The van der Waals surface area contributed by atoms with Gasteiger partial charge in [-0.05, 0) is 60.2 Å². The van der Waals surface area contributed by atoms with Gasteiger partial charge in [-0.25, -0.2) is 0 Å². The lowest BCUT2D eigenvalue weighted by Crippen LogP contribution is -2.28. The summed E-state index contributed by atoms with van der Waals surface area (Å²) in [5.41, 5.74) is 4.50. The molecule has 0 aliphatic rings. The van der Waals surface area contributed by atoms with Gasteiger partial charge in [0.2, 0.25) is 0 Å². The second kappa shape index (κ2) is 9.80. The zero-order valence-electron chi connectivity index (χ0n) is 18.0. The molecule has 0 atom stereocenters. The predicted octanol–water partition coefficient (Wildman–Crippen LogP) is 6.33. The van der Waals surface area contributed by atoms with Crippen molar-refractivity contribution < 1.29 is 4.74 Å². The van der Waals surface area contributed by atoms with Crippen LogP contribution >= 0.6 is 0 Å². The molecule has 29 heavy (non-hydrogen) atoms. The van der Waals surface area contributed by atoms with E-state index >= 15 is 0 Å². The summed E-state index contributed by atoms with van der Waals surface area (Å²) < 4.78 is 5.95. The fourth-order valence-corrected chi connectivity index (χ4v) is 3.04. The summed E-state index contributed by atoms with van der Waals surface area (Å²) in [4.78, 5) is 8.73. The summed E-state index contributed by atoms with van der Waals surface area (Å²) in [6.07, 6.45) is 1.64. The Morgan fingerprint density at radius 1 is 1.07 bits per heavy atom. The molecule has 0 aliphatic carbocycles. The summed E-state index contributed by atoms with van der Waals surface area (Å²) in [7, 11) is 0. The van der Waals surface area contributed by atoms with Gasteiger partial charge in [0.05, 0.1) is 6.54 Å². The van der Waals surface area contributed by atoms with Gasteiger partial charge in [-0.2, -0.15) is 9.69 Å². The van der Waals surface area contributed by atoms with Gasteiger partial charge < -0.3 is 9.64 Å². The number of hydrogen-bond acceptors (Lipinski definition) is 2. The molecular weight excluding hydrogens is 358 g/mol. The average molecular weight is 388 g/mol. The highest BCUT2D eigenvalue weighted by molar-refractivity contribution is 5.63. The van der Waals surface area contributed by atoms with E-state index in [-0.39, 0.29) is 11.2 Å². The molecule has 0 saturated heterocycles. The standard InChI is InChI=1S/C25H29N3O/c1-8-28(15-16-29-23-13-10-21(11-14-23)25(3,4)5)22-12-9-20(19(2)17-22)18-24(26-6)27-7/h9-14,17-18H,8,15-16H2,1-5H3. The van der Waals surface area contributed by atoms with Crippen molar-refractivity contribution in [3.8, 4) is 5.75 Å². The van der Waals surface area contributed by atoms with Gasteiger partial charge in [-0.15, -0.1) is 0 Å². The second-order valence-corrected chi connectivity index (χ2v) is 7.97. The molecule has 4 heteroatoms. The number of anilines is 1. The van der Waals surface area contributed by atoms with Crippen molar-refractivity contribution in [2.24, 2.45) is 0 Å². The van der Waals surface area contributed by atoms with Gasteiger partial charge >= 0.3 is 5.82 Å². The molecule has 0 saturated carbocycles. The van der Waals surface area contributed by atoms with Crippen LogP contribution in [0.1, 0.15) is 44.4 Å². The zero-order chi connectivity index (χ0) is 21.4. The first kappa shape index (κ1) is 22.1. The van der Waals surface area contributed by atoms with Crippen LogP contribution in [0.25, 0.3) is 15.8 Å². The fraction of sp³-hybridized carbons (Fsp3) is 0.360. The number of hydrogen-bond donors (Lipinski definition) is 0. The first-order valence-corrected chi connectivity index (χ1v) is 9.84. The molecule has 2 aromatic carbocycles. The third kappa shape index (κ3) is 6.13. The Balaban J connectivity index is 2.02. The summed E-state index contributed by atoms with van der Waals surface area (Å²) in [5.74, 6) is 0.968. The molecule has 0 aliphatic heterocycles. The van der Waals surface area contributed by atoms with Crippen LogP contribution in [-0.4, -0.2) is 19.7 Å². The molecule has 0 radical (unpaired) electrons. The van der Waals surface area contributed by atoms with Crippen molar-refractivity contribution in [1.29, 1.82) is 0 Å². The van der Waals surface area contributed by atoms with E-state index in [1.807, 2.05) is 31.2 Å². The van der Waals surface area contributed by atoms with E-state index in [9.17, 15) is 0 Å². The molecule has 4 nitrogen and oxygen atoms in total. The van der Waals surface area contributed by atoms with Gasteiger partial charge in [-0.1, -0.05) is 39.0 Å². The SMILES string of the molecule is [C-]#[N+]C(=Cc1ccc(N(CC)CCOc2ccc(C(C)(C)C)cc2)cc1C)[N+]#[C-]. The smallest absolute Gasteiger partial charge is 0.492 e. The second-order valence-electron chi connectivity index (χ2n) is 7.97. The van der Waals surface area contributed by atoms with E-state index in [2.05, 4.69) is 60.5 Å². The number of nitrogens with zero attached hydrogens (tertiary/aromatic N) is 3. The van der Waals surface area contributed by atoms with Crippen molar-refractivity contribution in [3.05, 3.63) is 87.8 Å². The Hall–Kier alpha value is -3.24. The average Bonchev–Trinajstić information content (AvgIpc) is 2.70. The molecule has 0 heterocycles. The van der Waals surface area contributed by atoms with Crippen molar-refractivity contribution >= 4 is 11.8 Å². The molecule has 0 aromatic heterocycles. The Labute approximate surface area is 175 Å². The monoisotopic (exact) mass is 387 g/mol. The number of benzene rings is 2. The van der Waals surface area contributed by atoms with E-state index in [1.54, 1.807) is 6.08 Å². The molecule has 0 bridgehead atoms. The number of aryl methyl sites for hydroxylation is 1. The van der Waals surface area contributed by atoms with Crippen LogP contribution in [-0.2, 0) is 5.41 Å². The Kier molecular flexibility index (Phi) is 7.46. The minimum absolute atomic E-state index is 0.0825. The van der Waals surface area contributed by atoms with E-state index in [4.69, 9.17) is 17.9 Å². The van der Waals surface area contributed by atoms with E-state index < -0.39 is 0 Å². The zero-order valence-corrected chi connectivity index (χ0v) is 18.0. The van der Waals surface area contributed by atoms with Crippen LogP contribution in [0.2, 0.25) is 0 Å². The van der Waals surface area contributed by atoms with E-state index in [0.717, 1.165) is 35.7 Å². The first-order chi connectivity index (χ1) is 13.8. The minimum atomic E-state index is 0.0825. The van der Waals surface area contributed by atoms with Crippen LogP contribution in [0, 0.1) is 20.1 Å². The van der Waals surface area contributed by atoms with Crippen molar-refractivity contribution in [1.82, 2.24) is 0 Å². The third-order valence-corrected chi connectivity index (χ3v) is 4.86. The van der Waals surface area contributed by atoms with Crippen LogP contribution < -0.4 is 9.64 Å². The molecule has 0 unspecified atom stereocenters. The lowest BCUT2D eigenvalue weighted by Gasteiger charge is -2.24. The van der Waals surface area contributed by atoms with Gasteiger partial charge in [0, 0.05) is 18.3 Å². The molecule has 0 spiro atoms. The van der Waals surface area contributed by atoms with Crippen molar-refractivity contribution in [2.45, 2.75) is 40.0 Å². The Bertz CT molecular complexity index is 922. The molecule has 0 fully saturated rings. The number of likely N-dealkylation sites (N-methyl/N-ethyl adjacent to an activating group) is 1. The summed E-state index contributed by atoms with van der Waals surface area (Å²) >= 11 is 0. The van der Waals surface area contributed by atoms with Crippen LogP contribution in [0.3, 0.4) is 0 Å². The number of ether oxygens (including phenoxy) is 1. The number of rotatable bonds is 7. The van der Waals surface area contributed by atoms with E-state index in [1.165, 1.54) is 5.56 Å². The summed E-state index contributed by atoms with van der Waals surface area (Å²) in [6, 6.07) is 14.4. The normalized spacial score (nSPS) is 10.6. The highest BCUT2D eigenvalue weighted by Gasteiger charge is 2.13. The van der Waals surface area contributed by atoms with Gasteiger partial charge in [0.25, 0.3) is 0 Å². The van der Waals surface area contributed by atoms with Gasteiger partial charge in [-0.3, -0.25) is 0 Å². The maximum Gasteiger partial charge on any atom is 0.519 e. The van der Waals surface area contributed by atoms with Crippen molar-refractivity contribution in [3.63, 3.8) is 0 Å². The topological polar surface area (TPSA) is 21.2 Å². The highest BCUT2D eigenvalue weighted by Crippen LogP contribution is 2.25. The van der Waals surface area contributed by atoms with E-state index in [0.29, 0.717) is 6.61 Å². The van der Waals surface area contributed by atoms with Crippen molar-refractivity contribution in [2.75, 3.05) is 24.6 Å². The van der Waals surface area contributed by atoms with Crippen LogP contribution in [0.5, 0.6) is 5.75 Å². The first-order valence-electron chi connectivity index (χ1n) is 9.84. The molecule has 2 aromatic rings. The van der Waals surface area contributed by atoms with Gasteiger partial charge in [0.1, 0.15) is 25.5 Å². The van der Waals surface area contributed by atoms with Gasteiger partial charge in [0.15, 0.2) is 0 Å². The summed E-state index contributed by atoms with van der Waals surface area (Å²) in [5, 5.41) is 0. The molecule has 0 amide bonds. The lowest BCUT2D eigenvalue weighted by molar-refractivity contribution is 0.324. The highest BCUT2D eigenvalue weighted by atomic mass is 16.5.